The van der Waals surface area contributed by atoms with Crippen molar-refractivity contribution in [3.8, 4) is 0 Å². The minimum absolute atomic E-state index is 0.0216. The van der Waals surface area contributed by atoms with Crippen molar-refractivity contribution in [3.05, 3.63) is 57.5 Å². The maximum atomic E-state index is 13.0. The molecule has 2 aromatic rings. The van der Waals surface area contributed by atoms with Crippen molar-refractivity contribution in [2.75, 3.05) is 5.32 Å². The first-order chi connectivity index (χ1) is 10.0. The number of benzene rings is 1. The monoisotopic (exact) mass is 340 g/mol. The van der Waals surface area contributed by atoms with E-state index >= 15 is 0 Å². The van der Waals surface area contributed by atoms with Crippen LogP contribution in [0.25, 0.3) is 6.08 Å². The number of amides is 1. The van der Waals surface area contributed by atoms with E-state index in [1.807, 2.05) is 17.5 Å². The van der Waals surface area contributed by atoms with Gasteiger partial charge in [-0.1, -0.05) is 17.7 Å². The van der Waals surface area contributed by atoms with Crippen LogP contribution in [-0.4, -0.2) is 11.0 Å². The van der Waals surface area contributed by atoms with Crippen LogP contribution in [0.1, 0.15) is 4.88 Å². The van der Waals surface area contributed by atoms with Gasteiger partial charge in [0.1, 0.15) is 5.82 Å². The van der Waals surface area contributed by atoms with E-state index in [1.54, 1.807) is 6.08 Å². The summed E-state index contributed by atoms with van der Waals surface area (Å²) in [5.41, 5.74) is 0.494. The largest absolute Gasteiger partial charge is 0.332 e. The number of carbonyl (C=O) groups is 1. The van der Waals surface area contributed by atoms with Crippen LogP contribution in [0.4, 0.5) is 10.1 Å². The summed E-state index contributed by atoms with van der Waals surface area (Å²) in [6.45, 7) is 0. The highest BCUT2D eigenvalue weighted by Crippen LogP contribution is 2.19. The quantitative estimate of drug-likeness (QED) is 0.653. The molecule has 0 aliphatic rings. The van der Waals surface area contributed by atoms with Gasteiger partial charge in [-0.25, -0.2) is 4.39 Å². The highest BCUT2D eigenvalue weighted by atomic mass is 35.5. The van der Waals surface area contributed by atoms with E-state index in [0.717, 1.165) is 4.88 Å². The van der Waals surface area contributed by atoms with Gasteiger partial charge in [0.15, 0.2) is 5.11 Å². The lowest BCUT2D eigenvalue weighted by Crippen LogP contribution is -2.32. The van der Waals surface area contributed by atoms with Crippen LogP contribution in [0.2, 0.25) is 5.02 Å². The van der Waals surface area contributed by atoms with Gasteiger partial charge >= 0.3 is 0 Å². The van der Waals surface area contributed by atoms with E-state index in [9.17, 15) is 9.18 Å². The molecule has 108 valence electrons. The number of rotatable bonds is 3. The Morgan fingerprint density at radius 3 is 2.86 bits per heavy atom. The standard InChI is InChI=1S/C14H10ClFN2OS2/c15-11-8-9(3-5-12(11)16)17-14(20)18-13(19)6-4-10-2-1-7-21-10/h1-8H,(H2,17,18,19,20)/b6-4+. The molecule has 0 spiro atoms. The molecule has 0 saturated carbocycles. The molecule has 21 heavy (non-hydrogen) atoms. The molecule has 3 nitrogen and oxygen atoms in total. The predicted molar refractivity (Wildman–Crippen MR) is 89.1 cm³/mol. The molecule has 1 aromatic heterocycles. The van der Waals surface area contributed by atoms with Crippen molar-refractivity contribution in [3.63, 3.8) is 0 Å². The molecule has 0 aliphatic heterocycles. The van der Waals surface area contributed by atoms with Crippen LogP contribution < -0.4 is 10.6 Å². The molecule has 1 heterocycles. The fourth-order valence-corrected chi connectivity index (χ4v) is 2.45. The molecular formula is C14H10ClFN2OS2. The Morgan fingerprint density at radius 1 is 1.38 bits per heavy atom. The number of nitrogens with one attached hydrogen (secondary N) is 2. The van der Waals surface area contributed by atoms with Gasteiger partial charge in [-0.05, 0) is 47.9 Å². The van der Waals surface area contributed by atoms with Gasteiger partial charge in [-0.3, -0.25) is 10.1 Å². The molecule has 0 bridgehead atoms. The molecule has 0 fully saturated rings. The number of halogens is 2. The molecular weight excluding hydrogens is 331 g/mol. The van der Waals surface area contributed by atoms with Crippen molar-refractivity contribution in [2.24, 2.45) is 0 Å². The molecule has 0 radical (unpaired) electrons. The van der Waals surface area contributed by atoms with Crippen LogP contribution >= 0.6 is 35.2 Å². The average molecular weight is 341 g/mol. The van der Waals surface area contributed by atoms with Crippen molar-refractivity contribution in [1.29, 1.82) is 0 Å². The van der Waals surface area contributed by atoms with Gasteiger partial charge in [0, 0.05) is 16.6 Å². The topological polar surface area (TPSA) is 41.1 Å². The predicted octanol–water partition coefficient (Wildman–Crippen LogP) is 4.07. The summed E-state index contributed by atoms with van der Waals surface area (Å²) >= 11 is 12.2. The second kappa shape index (κ2) is 7.31. The van der Waals surface area contributed by atoms with Crippen molar-refractivity contribution in [1.82, 2.24) is 5.32 Å². The van der Waals surface area contributed by atoms with Crippen LogP contribution in [-0.2, 0) is 4.79 Å². The highest BCUT2D eigenvalue weighted by Gasteiger charge is 2.04. The lowest BCUT2D eigenvalue weighted by molar-refractivity contribution is -0.115. The summed E-state index contributed by atoms with van der Waals surface area (Å²) in [5.74, 6) is -0.870. The third-order valence-corrected chi connectivity index (χ3v) is 3.69. The van der Waals surface area contributed by atoms with Crippen LogP contribution in [0.3, 0.4) is 0 Å². The van der Waals surface area contributed by atoms with E-state index in [-0.39, 0.29) is 16.0 Å². The van der Waals surface area contributed by atoms with Crippen molar-refractivity contribution >= 4 is 57.9 Å². The summed E-state index contributed by atoms with van der Waals surface area (Å²) in [7, 11) is 0. The normalized spacial score (nSPS) is 10.6. The lowest BCUT2D eigenvalue weighted by atomic mass is 10.3. The molecule has 2 N–H and O–H groups in total. The van der Waals surface area contributed by atoms with Gasteiger partial charge < -0.3 is 5.32 Å². The number of anilines is 1. The van der Waals surface area contributed by atoms with E-state index < -0.39 is 5.82 Å². The first-order valence-electron chi connectivity index (χ1n) is 5.83. The molecule has 2 rings (SSSR count). The molecule has 1 amide bonds. The number of hydrogen-bond acceptors (Lipinski definition) is 3. The first kappa shape index (κ1) is 15.6. The van der Waals surface area contributed by atoms with Crippen LogP contribution in [0.15, 0.2) is 41.8 Å². The SMILES string of the molecule is O=C(/C=C/c1cccs1)NC(=S)Nc1ccc(F)c(Cl)c1. The zero-order valence-corrected chi connectivity index (χ0v) is 13.0. The zero-order valence-electron chi connectivity index (χ0n) is 10.6. The van der Waals surface area contributed by atoms with Gasteiger partial charge in [-0.2, -0.15) is 0 Å². The Morgan fingerprint density at radius 2 is 2.19 bits per heavy atom. The summed E-state index contributed by atoms with van der Waals surface area (Å²) in [6.07, 6.45) is 3.08. The smallest absolute Gasteiger partial charge is 0.250 e. The second-order valence-electron chi connectivity index (χ2n) is 3.92. The first-order valence-corrected chi connectivity index (χ1v) is 7.50. The number of carbonyl (C=O) groups excluding carboxylic acids is 1. The maximum absolute atomic E-state index is 13.0. The molecule has 0 aliphatic carbocycles. The maximum Gasteiger partial charge on any atom is 0.250 e. The Labute approximate surface area is 135 Å². The molecule has 0 unspecified atom stereocenters. The van der Waals surface area contributed by atoms with E-state index in [2.05, 4.69) is 10.6 Å². The molecule has 0 saturated heterocycles. The van der Waals surface area contributed by atoms with Crippen LogP contribution in [0, 0.1) is 5.82 Å². The Hall–Kier alpha value is -1.76. The number of thiophene rings is 1. The lowest BCUT2D eigenvalue weighted by Gasteiger charge is -2.08. The zero-order chi connectivity index (χ0) is 15.2. The van der Waals surface area contributed by atoms with Crippen molar-refractivity contribution < 1.29 is 9.18 Å². The minimum atomic E-state index is -0.518. The van der Waals surface area contributed by atoms with Crippen molar-refractivity contribution in [2.45, 2.75) is 0 Å². The average Bonchev–Trinajstić information content (AvgIpc) is 2.94. The van der Waals surface area contributed by atoms with Gasteiger partial charge in [0.05, 0.1) is 5.02 Å². The molecule has 0 atom stereocenters. The van der Waals surface area contributed by atoms with Gasteiger partial charge in [0.25, 0.3) is 0 Å². The van der Waals surface area contributed by atoms with E-state index in [1.165, 1.54) is 35.6 Å². The van der Waals surface area contributed by atoms with Gasteiger partial charge in [-0.15, -0.1) is 11.3 Å². The fraction of sp³-hybridized carbons (Fsp3) is 0. The summed E-state index contributed by atoms with van der Waals surface area (Å²) in [5, 5.41) is 7.25. The van der Waals surface area contributed by atoms with Crippen LogP contribution in [0.5, 0.6) is 0 Å². The molecule has 7 heteroatoms. The molecule has 1 aromatic carbocycles. The van der Waals surface area contributed by atoms with E-state index in [0.29, 0.717) is 5.69 Å². The Bertz CT molecular complexity index is 686. The third-order valence-electron chi connectivity index (χ3n) is 2.36. The van der Waals surface area contributed by atoms with E-state index in [4.69, 9.17) is 23.8 Å². The van der Waals surface area contributed by atoms with Gasteiger partial charge in [0.2, 0.25) is 5.91 Å². The summed E-state index contributed by atoms with van der Waals surface area (Å²) < 4.78 is 13.0. The highest BCUT2D eigenvalue weighted by molar-refractivity contribution is 7.80. The summed E-state index contributed by atoms with van der Waals surface area (Å²) in [4.78, 5) is 12.6. The Kier molecular flexibility index (Phi) is 5.44. The number of thiocarbonyl (C=S) groups is 1. The third kappa shape index (κ3) is 4.93. The Balaban J connectivity index is 1.89. The summed E-state index contributed by atoms with van der Waals surface area (Å²) in [6, 6.07) is 7.86. The minimum Gasteiger partial charge on any atom is -0.332 e. The fourth-order valence-electron chi connectivity index (χ4n) is 1.43. The number of hydrogen-bond donors (Lipinski definition) is 2. The second-order valence-corrected chi connectivity index (χ2v) is 5.72.